The first-order chi connectivity index (χ1) is 9.04. The molecule has 0 saturated heterocycles. The molecule has 0 unspecified atom stereocenters. The van der Waals surface area contributed by atoms with Crippen LogP contribution in [0.2, 0.25) is 0 Å². The van der Waals surface area contributed by atoms with E-state index in [-0.39, 0.29) is 12.2 Å². The molecule has 0 amide bonds. The van der Waals surface area contributed by atoms with Gasteiger partial charge >= 0.3 is 5.97 Å². The third-order valence-corrected chi connectivity index (χ3v) is 2.66. The van der Waals surface area contributed by atoms with Crippen molar-refractivity contribution in [3.63, 3.8) is 0 Å². The van der Waals surface area contributed by atoms with Gasteiger partial charge in [0.25, 0.3) is 0 Å². The molecule has 0 aliphatic carbocycles. The fourth-order valence-electron chi connectivity index (χ4n) is 1.48. The van der Waals surface area contributed by atoms with Crippen LogP contribution < -0.4 is 0 Å². The molecule has 0 aliphatic heterocycles. The van der Waals surface area contributed by atoms with Gasteiger partial charge in [-0.05, 0) is 24.6 Å². The number of nitriles is 2. The number of nitrogens with zero attached hydrogens (tertiary/aromatic N) is 3. The van der Waals surface area contributed by atoms with Gasteiger partial charge in [0.1, 0.15) is 30.0 Å². The first-order valence-electron chi connectivity index (χ1n) is 5.51. The van der Waals surface area contributed by atoms with E-state index in [1.807, 2.05) is 6.07 Å². The molecule has 5 nitrogen and oxygen atoms in total. The van der Waals surface area contributed by atoms with Gasteiger partial charge in [0, 0.05) is 12.7 Å². The van der Waals surface area contributed by atoms with Crippen molar-refractivity contribution in [3.05, 3.63) is 41.2 Å². The Kier molecular flexibility index (Phi) is 4.68. The van der Waals surface area contributed by atoms with E-state index in [0.29, 0.717) is 11.3 Å². The van der Waals surface area contributed by atoms with Crippen LogP contribution >= 0.6 is 0 Å². The highest BCUT2D eigenvalue weighted by molar-refractivity contribution is 5.98. The topological polar surface area (TPSA) is 78.8 Å². The van der Waals surface area contributed by atoms with Gasteiger partial charge in [-0.2, -0.15) is 10.5 Å². The van der Waals surface area contributed by atoms with E-state index in [1.54, 1.807) is 30.7 Å². The molecule has 19 heavy (non-hydrogen) atoms. The Morgan fingerprint density at radius 2 is 2.26 bits per heavy atom. The van der Waals surface area contributed by atoms with Gasteiger partial charge in [0.05, 0.1) is 0 Å². The third kappa shape index (κ3) is 3.11. The Balaban J connectivity index is 3.13. The van der Waals surface area contributed by atoms with E-state index in [1.165, 1.54) is 12.2 Å². The molecule has 0 aliphatic rings. The van der Waals surface area contributed by atoms with Gasteiger partial charge < -0.3 is 9.30 Å². The zero-order valence-corrected chi connectivity index (χ0v) is 10.8. The smallest absolute Gasteiger partial charge is 0.349 e. The van der Waals surface area contributed by atoms with E-state index in [4.69, 9.17) is 15.3 Å². The minimum absolute atomic E-state index is 0.0507. The van der Waals surface area contributed by atoms with E-state index < -0.39 is 5.97 Å². The number of hydrogen-bond acceptors (Lipinski definition) is 4. The quantitative estimate of drug-likeness (QED) is 0.356. The van der Waals surface area contributed by atoms with Gasteiger partial charge in [-0.1, -0.05) is 12.7 Å². The normalized spacial score (nSPS) is 10.4. The Morgan fingerprint density at radius 1 is 1.58 bits per heavy atom. The number of hydrogen-bond donors (Lipinski definition) is 0. The largest absolute Gasteiger partial charge is 0.457 e. The fraction of sp³-hybridized carbons (Fsp3) is 0.214. The summed E-state index contributed by atoms with van der Waals surface area (Å²) >= 11 is 0. The molecule has 0 bridgehead atoms. The summed E-state index contributed by atoms with van der Waals surface area (Å²) in [4.78, 5) is 11.6. The molecule has 0 saturated carbocycles. The second-order valence-corrected chi connectivity index (χ2v) is 3.80. The predicted octanol–water partition coefficient (Wildman–Crippen LogP) is 1.84. The van der Waals surface area contributed by atoms with Crippen molar-refractivity contribution in [1.82, 2.24) is 4.57 Å². The molecule has 1 heterocycles. The molecule has 0 atom stereocenters. The molecular formula is C14H13N3O2. The van der Waals surface area contributed by atoms with Crippen molar-refractivity contribution < 1.29 is 9.53 Å². The van der Waals surface area contributed by atoms with Crippen molar-refractivity contribution in [2.45, 2.75) is 6.92 Å². The van der Waals surface area contributed by atoms with Crippen LogP contribution in [0.5, 0.6) is 0 Å². The second kappa shape index (κ2) is 6.23. The lowest BCUT2D eigenvalue weighted by atomic mass is 10.1. The maximum absolute atomic E-state index is 11.6. The third-order valence-electron chi connectivity index (χ3n) is 2.66. The molecule has 96 valence electrons. The number of aromatic nitrogens is 1. The standard InChI is InChI=1S/C14H13N3O2/c1-4-5-19-14(18)12(8-15)6-11-7-13(9-16)17(3)10(11)2/h4,6-7H,1,5H2,2-3H3/b12-6+. The monoisotopic (exact) mass is 255 g/mol. The highest BCUT2D eigenvalue weighted by Crippen LogP contribution is 2.17. The Hall–Kier alpha value is -2.79. The number of carbonyl (C=O) groups excluding carboxylic acids is 1. The van der Waals surface area contributed by atoms with Crippen LogP contribution in [-0.4, -0.2) is 17.1 Å². The molecule has 1 aromatic rings. The summed E-state index contributed by atoms with van der Waals surface area (Å²) in [5.41, 5.74) is 1.78. The molecule has 0 aromatic carbocycles. The summed E-state index contributed by atoms with van der Waals surface area (Å²) in [6, 6.07) is 5.44. The van der Waals surface area contributed by atoms with Gasteiger partial charge in [-0.3, -0.25) is 0 Å². The molecule has 0 N–H and O–H groups in total. The maximum atomic E-state index is 11.6. The Bertz CT molecular complexity index is 624. The number of esters is 1. The summed E-state index contributed by atoms with van der Waals surface area (Å²) in [7, 11) is 1.74. The number of ether oxygens (including phenoxy) is 1. The average molecular weight is 255 g/mol. The molecule has 0 radical (unpaired) electrons. The van der Waals surface area contributed by atoms with Crippen LogP contribution in [0.3, 0.4) is 0 Å². The minimum Gasteiger partial charge on any atom is -0.457 e. The summed E-state index contributed by atoms with van der Waals surface area (Å²) < 4.78 is 6.49. The van der Waals surface area contributed by atoms with E-state index in [0.717, 1.165) is 5.69 Å². The summed E-state index contributed by atoms with van der Waals surface area (Å²) in [6.45, 7) is 5.28. The summed E-state index contributed by atoms with van der Waals surface area (Å²) in [5.74, 6) is -0.704. The first kappa shape index (κ1) is 14.3. The van der Waals surface area contributed by atoms with Crippen LogP contribution in [-0.2, 0) is 16.6 Å². The highest BCUT2D eigenvalue weighted by atomic mass is 16.5. The number of rotatable bonds is 4. The van der Waals surface area contributed by atoms with E-state index in [2.05, 4.69) is 6.58 Å². The van der Waals surface area contributed by atoms with E-state index >= 15 is 0 Å². The van der Waals surface area contributed by atoms with Crippen LogP contribution in [0.1, 0.15) is 17.0 Å². The lowest BCUT2D eigenvalue weighted by Crippen LogP contribution is -2.06. The van der Waals surface area contributed by atoms with Gasteiger partial charge in [-0.25, -0.2) is 4.79 Å². The molecule has 0 fully saturated rings. The van der Waals surface area contributed by atoms with Gasteiger partial charge in [0.2, 0.25) is 0 Å². The van der Waals surface area contributed by atoms with Crippen LogP contribution in [0, 0.1) is 29.6 Å². The van der Waals surface area contributed by atoms with Crippen molar-refractivity contribution in [2.24, 2.45) is 7.05 Å². The molecule has 0 spiro atoms. The zero-order chi connectivity index (χ0) is 14.4. The van der Waals surface area contributed by atoms with Crippen LogP contribution in [0.4, 0.5) is 0 Å². The molecule has 1 rings (SSSR count). The van der Waals surface area contributed by atoms with Crippen molar-refractivity contribution in [1.29, 1.82) is 10.5 Å². The average Bonchev–Trinajstić information content (AvgIpc) is 2.69. The number of carbonyl (C=O) groups is 1. The van der Waals surface area contributed by atoms with Crippen molar-refractivity contribution in [3.8, 4) is 12.1 Å². The predicted molar refractivity (Wildman–Crippen MR) is 69.6 cm³/mol. The van der Waals surface area contributed by atoms with Crippen molar-refractivity contribution >= 4 is 12.0 Å². The summed E-state index contributed by atoms with van der Waals surface area (Å²) in [6.07, 6.45) is 2.84. The fourth-order valence-corrected chi connectivity index (χ4v) is 1.48. The Morgan fingerprint density at radius 3 is 2.74 bits per heavy atom. The second-order valence-electron chi connectivity index (χ2n) is 3.80. The molecule has 1 aromatic heterocycles. The lowest BCUT2D eigenvalue weighted by molar-refractivity contribution is -0.137. The zero-order valence-electron chi connectivity index (χ0n) is 10.8. The summed E-state index contributed by atoms with van der Waals surface area (Å²) in [5, 5.41) is 17.9. The first-order valence-corrected chi connectivity index (χ1v) is 5.51. The molecular weight excluding hydrogens is 242 g/mol. The van der Waals surface area contributed by atoms with E-state index in [9.17, 15) is 4.79 Å². The SMILES string of the molecule is C=CCOC(=O)/C(C#N)=C/c1cc(C#N)n(C)c1C. The maximum Gasteiger partial charge on any atom is 0.349 e. The van der Waals surface area contributed by atoms with Crippen molar-refractivity contribution in [2.75, 3.05) is 6.61 Å². The van der Waals surface area contributed by atoms with Crippen LogP contribution in [0.25, 0.3) is 6.08 Å². The van der Waals surface area contributed by atoms with Gasteiger partial charge in [0.15, 0.2) is 0 Å². The molecule has 5 heteroatoms. The van der Waals surface area contributed by atoms with Crippen LogP contribution in [0.15, 0.2) is 24.3 Å². The van der Waals surface area contributed by atoms with Gasteiger partial charge in [-0.15, -0.1) is 0 Å². The highest BCUT2D eigenvalue weighted by Gasteiger charge is 2.13. The lowest BCUT2D eigenvalue weighted by Gasteiger charge is -2.00. The minimum atomic E-state index is -0.704. The Labute approximate surface area is 111 Å².